The fourth-order valence-corrected chi connectivity index (χ4v) is 1.62. The Hall–Kier alpha value is -2.62. The highest BCUT2D eigenvalue weighted by Gasteiger charge is 2.02. The van der Waals surface area contributed by atoms with E-state index in [0.717, 1.165) is 5.56 Å². The molecule has 0 aliphatic carbocycles. The van der Waals surface area contributed by atoms with Crippen molar-refractivity contribution in [2.24, 2.45) is 0 Å². The van der Waals surface area contributed by atoms with Crippen LogP contribution < -0.4 is 11.1 Å². The van der Waals surface area contributed by atoms with Gasteiger partial charge in [-0.1, -0.05) is 30.3 Å². The van der Waals surface area contributed by atoms with Crippen LogP contribution in [0.5, 0.6) is 0 Å². The number of nitrogen functional groups attached to an aromatic ring is 1. The normalized spacial score (nSPS) is 10.6. The highest BCUT2D eigenvalue weighted by Crippen LogP contribution is 2.13. The van der Waals surface area contributed by atoms with Crippen molar-refractivity contribution in [1.29, 1.82) is 0 Å². The van der Waals surface area contributed by atoms with Crippen LogP contribution in [-0.4, -0.2) is 10.9 Å². The second kappa shape index (κ2) is 5.82. The maximum absolute atomic E-state index is 11.8. The van der Waals surface area contributed by atoms with Gasteiger partial charge in [-0.25, -0.2) is 4.98 Å². The Morgan fingerprint density at radius 3 is 2.63 bits per heavy atom. The van der Waals surface area contributed by atoms with E-state index in [1.165, 1.54) is 6.08 Å². The second-order valence-electron chi connectivity index (χ2n) is 4.10. The van der Waals surface area contributed by atoms with Gasteiger partial charge in [0, 0.05) is 6.08 Å². The van der Waals surface area contributed by atoms with Gasteiger partial charge in [0.05, 0.1) is 11.4 Å². The highest BCUT2D eigenvalue weighted by molar-refractivity contribution is 6.02. The Bertz CT molecular complexity index is 606. The number of aromatic nitrogens is 1. The van der Waals surface area contributed by atoms with Crippen LogP contribution in [0, 0.1) is 6.92 Å². The number of amides is 1. The highest BCUT2D eigenvalue weighted by atomic mass is 16.1. The zero-order valence-electron chi connectivity index (χ0n) is 10.6. The lowest BCUT2D eigenvalue weighted by Crippen LogP contribution is -2.10. The van der Waals surface area contributed by atoms with Gasteiger partial charge < -0.3 is 11.1 Å². The molecule has 3 N–H and O–H groups in total. The van der Waals surface area contributed by atoms with E-state index in [0.29, 0.717) is 17.2 Å². The van der Waals surface area contributed by atoms with E-state index in [2.05, 4.69) is 10.3 Å². The van der Waals surface area contributed by atoms with Crippen molar-refractivity contribution < 1.29 is 4.79 Å². The number of hydrogen-bond donors (Lipinski definition) is 2. The molecule has 1 aromatic carbocycles. The molecule has 0 bridgehead atoms. The zero-order chi connectivity index (χ0) is 13.7. The molecule has 4 heteroatoms. The maximum atomic E-state index is 11.8. The van der Waals surface area contributed by atoms with Gasteiger partial charge in [-0.2, -0.15) is 0 Å². The first kappa shape index (κ1) is 12.8. The first-order chi connectivity index (χ1) is 9.15. The van der Waals surface area contributed by atoms with Gasteiger partial charge in [-0.15, -0.1) is 0 Å². The summed E-state index contributed by atoms with van der Waals surface area (Å²) in [5.74, 6) is 0.244. The number of rotatable bonds is 3. The molecule has 2 rings (SSSR count). The number of aryl methyl sites for hydroxylation is 1. The summed E-state index contributed by atoms with van der Waals surface area (Å²) in [4.78, 5) is 15.8. The first-order valence-corrected chi connectivity index (χ1v) is 5.92. The minimum atomic E-state index is -0.196. The number of benzene rings is 1. The van der Waals surface area contributed by atoms with Gasteiger partial charge >= 0.3 is 0 Å². The van der Waals surface area contributed by atoms with Crippen LogP contribution in [0.1, 0.15) is 11.3 Å². The van der Waals surface area contributed by atoms with E-state index in [1.54, 1.807) is 25.1 Å². The first-order valence-electron chi connectivity index (χ1n) is 5.92. The Morgan fingerprint density at radius 1 is 1.21 bits per heavy atom. The number of nitrogens with one attached hydrogen (secondary N) is 1. The molecule has 1 aromatic heterocycles. The van der Waals surface area contributed by atoms with E-state index in [9.17, 15) is 4.79 Å². The largest absolute Gasteiger partial charge is 0.384 e. The fraction of sp³-hybridized carbons (Fsp3) is 0.0667. The van der Waals surface area contributed by atoms with Crippen molar-refractivity contribution >= 4 is 23.5 Å². The SMILES string of the molecule is Cc1nc(N)ccc1NC(=O)/C=C/c1ccccc1. The number of nitrogens with two attached hydrogens (primary N) is 1. The number of pyridine rings is 1. The maximum Gasteiger partial charge on any atom is 0.248 e. The van der Waals surface area contributed by atoms with Crippen LogP contribution in [0.25, 0.3) is 6.08 Å². The summed E-state index contributed by atoms with van der Waals surface area (Å²) in [7, 11) is 0. The van der Waals surface area contributed by atoms with Gasteiger partial charge in [0.2, 0.25) is 5.91 Å². The average molecular weight is 253 g/mol. The van der Waals surface area contributed by atoms with Crippen LogP contribution in [0.3, 0.4) is 0 Å². The summed E-state index contributed by atoms with van der Waals surface area (Å²) in [5.41, 5.74) is 7.89. The lowest BCUT2D eigenvalue weighted by Gasteiger charge is -2.05. The molecule has 1 heterocycles. The quantitative estimate of drug-likeness (QED) is 0.826. The number of anilines is 2. The van der Waals surface area contributed by atoms with Crippen LogP contribution in [0.4, 0.5) is 11.5 Å². The van der Waals surface area contributed by atoms with E-state index in [4.69, 9.17) is 5.73 Å². The number of carbonyl (C=O) groups is 1. The van der Waals surface area contributed by atoms with E-state index >= 15 is 0 Å². The van der Waals surface area contributed by atoms with Crippen molar-refractivity contribution in [2.45, 2.75) is 6.92 Å². The fourth-order valence-electron chi connectivity index (χ4n) is 1.62. The monoisotopic (exact) mass is 253 g/mol. The Labute approximate surface area is 112 Å². The van der Waals surface area contributed by atoms with Gasteiger partial charge in [-0.05, 0) is 30.7 Å². The number of hydrogen-bond acceptors (Lipinski definition) is 3. The van der Waals surface area contributed by atoms with E-state index < -0.39 is 0 Å². The van der Waals surface area contributed by atoms with Gasteiger partial charge in [0.1, 0.15) is 5.82 Å². The molecule has 2 aromatic rings. The minimum absolute atomic E-state index is 0.196. The summed E-state index contributed by atoms with van der Waals surface area (Å²) in [6, 6.07) is 13.0. The molecule has 0 radical (unpaired) electrons. The van der Waals surface area contributed by atoms with E-state index in [-0.39, 0.29) is 5.91 Å². The Balaban J connectivity index is 2.04. The number of nitrogens with zero attached hydrogens (tertiary/aromatic N) is 1. The van der Waals surface area contributed by atoms with Crippen molar-refractivity contribution in [3.63, 3.8) is 0 Å². The van der Waals surface area contributed by atoms with Crippen LogP contribution in [-0.2, 0) is 4.79 Å². The third-order valence-corrected chi connectivity index (χ3v) is 2.59. The molecule has 0 unspecified atom stereocenters. The van der Waals surface area contributed by atoms with Crippen LogP contribution >= 0.6 is 0 Å². The molecule has 1 amide bonds. The molecular formula is C15H15N3O. The predicted molar refractivity (Wildman–Crippen MR) is 77.5 cm³/mol. The lowest BCUT2D eigenvalue weighted by molar-refractivity contribution is -0.111. The zero-order valence-corrected chi connectivity index (χ0v) is 10.6. The summed E-state index contributed by atoms with van der Waals surface area (Å²) in [6.07, 6.45) is 3.25. The van der Waals surface area contributed by atoms with Crippen molar-refractivity contribution in [2.75, 3.05) is 11.1 Å². The smallest absolute Gasteiger partial charge is 0.248 e. The third-order valence-electron chi connectivity index (χ3n) is 2.59. The molecule has 0 saturated carbocycles. The van der Waals surface area contributed by atoms with Gasteiger partial charge in [-0.3, -0.25) is 4.79 Å². The molecule has 96 valence electrons. The van der Waals surface area contributed by atoms with Crippen LogP contribution in [0.15, 0.2) is 48.5 Å². The molecule has 0 spiro atoms. The Morgan fingerprint density at radius 2 is 1.95 bits per heavy atom. The molecule has 19 heavy (non-hydrogen) atoms. The summed E-state index contributed by atoms with van der Waals surface area (Å²) in [5, 5.41) is 2.76. The molecular weight excluding hydrogens is 238 g/mol. The molecule has 4 nitrogen and oxygen atoms in total. The summed E-state index contributed by atoms with van der Waals surface area (Å²) in [6.45, 7) is 1.80. The molecule has 0 atom stereocenters. The average Bonchev–Trinajstić information content (AvgIpc) is 2.41. The van der Waals surface area contributed by atoms with Crippen molar-refractivity contribution in [3.8, 4) is 0 Å². The Kier molecular flexibility index (Phi) is 3.93. The molecule has 0 aliphatic heterocycles. The van der Waals surface area contributed by atoms with Crippen molar-refractivity contribution in [1.82, 2.24) is 4.98 Å². The van der Waals surface area contributed by atoms with Crippen molar-refractivity contribution in [3.05, 3.63) is 59.8 Å². The minimum Gasteiger partial charge on any atom is -0.384 e. The summed E-state index contributed by atoms with van der Waals surface area (Å²) < 4.78 is 0. The lowest BCUT2D eigenvalue weighted by atomic mass is 10.2. The number of carbonyl (C=O) groups excluding carboxylic acids is 1. The van der Waals surface area contributed by atoms with Gasteiger partial charge in [0.25, 0.3) is 0 Å². The third kappa shape index (κ3) is 3.67. The second-order valence-corrected chi connectivity index (χ2v) is 4.10. The standard InChI is InChI=1S/C15H15N3O/c1-11-13(8-9-14(16)17-11)18-15(19)10-7-12-5-3-2-4-6-12/h2-10H,1H3,(H2,16,17)(H,18,19)/b10-7+. The van der Waals surface area contributed by atoms with Gasteiger partial charge in [0.15, 0.2) is 0 Å². The van der Waals surface area contributed by atoms with E-state index in [1.807, 2.05) is 30.3 Å². The predicted octanol–water partition coefficient (Wildman–Crippen LogP) is 2.62. The molecule has 0 fully saturated rings. The molecule has 0 saturated heterocycles. The topological polar surface area (TPSA) is 68.0 Å². The molecule has 0 aliphatic rings. The summed E-state index contributed by atoms with van der Waals surface area (Å²) >= 11 is 0. The van der Waals surface area contributed by atoms with Crippen LogP contribution in [0.2, 0.25) is 0 Å².